The number of hydrogen-bond donors (Lipinski definition) is 2. The summed E-state index contributed by atoms with van der Waals surface area (Å²) in [6, 6.07) is 11.4. The van der Waals surface area contributed by atoms with E-state index in [1.54, 1.807) is 0 Å². The van der Waals surface area contributed by atoms with Gasteiger partial charge in [-0.05, 0) is 34.4 Å². The SMILES string of the molecule is O=C(Cc1ccc(OC(F)(F)F)cc1)NCc1ccc2c(c1)CNC2. The summed E-state index contributed by atoms with van der Waals surface area (Å²) in [5, 5.41) is 6.08. The quantitative estimate of drug-likeness (QED) is 0.871. The van der Waals surface area contributed by atoms with E-state index >= 15 is 0 Å². The molecule has 0 fully saturated rings. The molecule has 0 aromatic heterocycles. The van der Waals surface area contributed by atoms with Crippen LogP contribution in [0.5, 0.6) is 5.75 Å². The van der Waals surface area contributed by atoms with Crippen molar-refractivity contribution in [1.29, 1.82) is 0 Å². The summed E-state index contributed by atoms with van der Waals surface area (Å²) in [5.74, 6) is -0.494. The van der Waals surface area contributed by atoms with Crippen molar-refractivity contribution in [3.05, 3.63) is 64.7 Å². The van der Waals surface area contributed by atoms with Crippen LogP contribution in [0.2, 0.25) is 0 Å². The number of fused-ring (bicyclic) bond motifs is 1. The van der Waals surface area contributed by atoms with Crippen LogP contribution in [0.15, 0.2) is 42.5 Å². The Morgan fingerprint density at radius 3 is 2.44 bits per heavy atom. The van der Waals surface area contributed by atoms with Crippen molar-refractivity contribution >= 4 is 5.91 Å². The maximum atomic E-state index is 12.1. The first-order valence-electron chi connectivity index (χ1n) is 7.82. The number of rotatable bonds is 5. The van der Waals surface area contributed by atoms with Crippen molar-refractivity contribution in [3.8, 4) is 5.75 Å². The van der Waals surface area contributed by atoms with Crippen molar-refractivity contribution in [1.82, 2.24) is 10.6 Å². The average molecular weight is 350 g/mol. The Morgan fingerprint density at radius 2 is 1.72 bits per heavy atom. The van der Waals surface area contributed by atoms with Crippen molar-refractivity contribution < 1.29 is 22.7 Å². The predicted octanol–water partition coefficient (Wildman–Crippen LogP) is 3.05. The van der Waals surface area contributed by atoms with Gasteiger partial charge in [0.2, 0.25) is 5.91 Å². The van der Waals surface area contributed by atoms with Gasteiger partial charge in [-0.3, -0.25) is 4.79 Å². The molecule has 1 heterocycles. The smallest absolute Gasteiger partial charge is 0.406 e. The van der Waals surface area contributed by atoms with Crippen molar-refractivity contribution in [3.63, 3.8) is 0 Å². The standard InChI is InChI=1S/C18H17F3N2O2/c19-18(20,21)25-16-5-2-12(3-6-16)8-17(24)23-9-13-1-4-14-10-22-11-15(14)7-13/h1-7,22H,8-11H2,(H,23,24). The third kappa shape index (κ3) is 4.96. The number of halogens is 3. The van der Waals surface area contributed by atoms with Gasteiger partial charge in [0.25, 0.3) is 0 Å². The highest BCUT2D eigenvalue weighted by molar-refractivity contribution is 5.78. The molecule has 25 heavy (non-hydrogen) atoms. The largest absolute Gasteiger partial charge is 0.573 e. The molecule has 2 aromatic carbocycles. The van der Waals surface area contributed by atoms with Gasteiger partial charge in [0.15, 0.2) is 0 Å². The van der Waals surface area contributed by atoms with Crippen LogP contribution in [0, 0.1) is 0 Å². The molecule has 0 aliphatic carbocycles. The van der Waals surface area contributed by atoms with Crippen molar-refractivity contribution in [2.45, 2.75) is 32.4 Å². The van der Waals surface area contributed by atoms with E-state index in [0.29, 0.717) is 12.1 Å². The van der Waals surface area contributed by atoms with E-state index in [0.717, 1.165) is 18.7 Å². The zero-order valence-corrected chi connectivity index (χ0v) is 13.3. The molecule has 0 radical (unpaired) electrons. The molecular formula is C18H17F3N2O2. The predicted molar refractivity (Wildman–Crippen MR) is 85.7 cm³/mol. The first kappa shape index (κ1) is 17.3. The monoisotopic (exact) mass is 350 g/mol. The molecule has 4 nitrogen and oxygen atoms in total. The fourth-order valence-corrected chi connectivity index (χ4v) is 2.72. The number of alkyl halides is 3. The van der Waals surface area contributed by atoms with E-state index in [2.05, 4.69) is 27.5 Å². The first-order chi connectivity index (χ1) is 11.9. The number of ether oxygens (including phenoxy) is 1. The average Bonchev–Trinajstić information content (AvgIpc) is 3.01. The molecule has 0 saturated heterocycles. The highest BCUT2D eigenvalue weighted by Gasteiger charge is 2.30. The minimum absolute atomic E-state index is 0.0960. The Balaban J connectivity index is 1.50. The molecular weight excluding hydrogens is 333 g/mol. The lowest BCUT2D eigenvalue weighted by atomic mass is 10.1. The van der Waals surface area contributed by atoms with Crippen LogP contribution in [-0.4, -0.2) is 12.3 Å². The molecule has 2 aromatic rings. The number of nitrogens with one attached hydrogen (secondary N) is 2. The maximum absolute atomic E-state index is 12.1. The second kappa shape index (κ2) is 7.14. The van der Waals surface area contributed by atoms with Gasteiger partial charge in [0.05, 0.1) is 6.42 Å². The summed E-state index contributed by atoms with van der Waals surface area (Å²) in [4.78, 5) is 12.0. The normalized spacial score (nSPS) is 13.4. The highest BCUT2D eigenvalue weighted by atomic mass is 19.4. The molecule has 3 rings (SSSR count). The maximum Gasteiger partial charge on any atom is 0.573 e. The fraction of sp³-hybridized carbons (Fsp3) is 0.278. The molecule has 1 aliphatic heterocycles. The van der Waals surface area contributed by atoms with Gasteiger partial charge in [0, 0.05) is 19.6 Å². The molecule has 2 N–H and O–H groups in total. The molecule has 0 saturated carbocycles. The van der Waals surface area contributed by atoms with E-state index in [4.69, 9.17) is 0 Å². The van der Waals surface area contributed by atoms with Crippen LogP contribution in [0.1, 0.15) is 22.3 Å². The minimum atomic E-state index is -4.72. The lowest BCUT2D eigenvalue weighted by Crippen LogP contribution is -2.24. The van der Waals surface area contributed by atoms with Crippen LogP contribution in [-0.2, 0) is 30.8 Å². The third-order valence-corrected chi connectivity index (χ3v) is 3.91. The van der Waals surface area contributed by atoms with Gasteiger partial charge in [-0.25, -0.2) is 0 Å². The van der Waals surface area contributed by atoms with Gasteiger partial charge >= 0.3 is 6.36 Å². The summed E-state index contributed by atoms with van der Waals surface area (Å²) in [6.07, 6.45) is -4.62. The zero-order valence-electron chi connectivity index (χ0n) is 13.3. The second-order valence-corrected chi connectivity index (χ2v) is 5.85. The summed E-state index contributed by atoms with van der Waals surface area (Å²) in [5.41, 5.74) is 4.15. The Bertz CT molecular complexity index is 758. The molecule has 1 amide bonds. The molecule has 0 bridgehead atoms. The van der Waals surface area contributed by atoms with E-state index in [9.17, 15) is 18.0 Å². The zero-order chi connectivity index (χ0) is 17.9. The van der Waals surface area contributed by atoms with Crippen molar-refractivity contribution in [2.24, 2.45) is 0 Å². The summed E-state index contributed by atoms with van der Waals surface area (Å²) < 4.78 is 40.1. The highest BCUT2D eigenvalue weighted by Crippen LogP contribution is 2.23. The van der Waals surface area contributed by atoms with Gasteiger partial charge in [-0.1, -0.05) is 30.3 Å². The molecule has 0 spiro atoms. The third-order valence-electron chi connectivity index (χ3n) is 3.91. The first-order valence-corrected chi connectivity index (χ1v) is 7.82. The minimum Gasteiger partial charge on any atom is -0.406 e. The number of benzene rings is 2. The van der Waals surface area contributed by atoms with Crippen LogP contribution in [0.3, 0.4) is 0 Å². The van der Waals surface area contributed by atoms with E-state index in [1.807, 2.05) is 6.07 Å². The van der Waals surface area contributed by atoms with E-state index in [-0.39, 0.29) is 18.1 Å². The number of carbonyl (C=O) groups excluding carboxylic acids is 1. The Hall–Kier alpha value is -2.54. The topological polar surface area (TPSA) is 50.4 Å². The number of hydrogen-bond acceptors (Lipinski definition) is 3. The summed E-state index contributed by atoms with van der Waals surface area (Å²) in [7, 11) is 0. The number of amides is 1. The molecule has 0 atom stereocenters. The van der Waals surface area contributed by atoms with Crippen LogP contribution in [0.4, 0.5) is 13.2 Å². The number of carbonyl (C=O) groups is 1. The summed E-state index contributed by atoms with van der Waals surface area (Å²) in [6.45, 7) is 2.13. The second-order valence-electron chi connectivity index (χ2n) is 5.85. The molecule has 1 aliphatic rings. The Labute approximate surface area is 143 Å². The lowest BCUT2D eigenvalue weighted by Gasteiger charge is -2.10. The van der Waals surface area contributed by atoms with Gasteiger partial charge in [0.1, 0.15) is 5.75 Å². The fourth-order valence-electron chi connectivity index (χ4n) is 2.72. The van der Waals surface area contributed by atoms with E-state index in [1.165, 1.54) is 35.4 Å². The lowest BCUT2D eigenvalue weighted by molar-refractivity contribution is -0.274. The van der Waals surface area contributed by atoms with Crippen LogP contribution in [0.25, 0.3) is 0 Å². The van der Waals surface area contributed by atoms with Gasteiger partial charge < -0.3 is 15.4 Å². The molecule has 0 unspecified atom stereocenters. The molecule has 132 valence electrons. The Kier molecular flexibility index (Phi) is 4.94. The van der Waals surface area contributed by atoms with Crippen molar-refractivity contribution in [2.75, 3.05) is 0 Å². The van der Waals surface area contributed by atoms with Gasteiger partial charge in [-0.2, -0.15) is 0 Å². The summed E-state index contributed by atoms with van der Waals surface area (Å²) >= 11 is 0. The molecule has 7 heteroatoms. The van der Waals surface area contributed by atoms with E-state index < -0.39 is 6.36 Å². The van der Waals surface area contributed by atoms with Crippen LogP contribution < -0.4 is 15.4 Å². The van der Waals surface area contributed by atoms with Crippen LogP contribution >= 0.6 is 0 Å². The Morgan fingerprint density at radius 1 is 1.04 bits per heavy atom. The van der Waals surface area contributed by atoms with Gasteiger partial charge in [-0.15, -0.1) is 13.2 Å².